The number of carbonyl (C=O) groups excluding carboxylic acids is 2. The van der Waals surface area contributed by atoms with Crippen LogP contribution in [0.3, 0.4) is 0 Å². The van der Waals surface area contributed by atoms with Crippen molar-refractivity contribution in [2.45, 2.75) is 39.8 Å². The zero-order chi connectivity index (χ0) is 16.0. The molecule has 0 heterocycles. The summed E-state index contributed by atoms with van der Waals surface area (Å²) < 4.78 is 5.42. The minimum absolute atomic E-state index is 0.00279. The highest BCUT2D eigenvalue weighted by atomic mass is 16.5. The summed E-state index contributed by atoms with van der Waals surface area (Å²) in [6.07, 6.45) is 0. The maximum Gasteiger partial charge on any atom is 0.250 e. The van der Waals surface area contributed by atoms with Crippen LogP contribution in [0.1, 0.15) is 33.3 Å². The molecule has 0 aliphatic heterocycles. The van der Waals surface area contributed by atoms with Crippen molar-refractivity contribution in [2.75, 3.05) is 19.0 Å². The third-order valence-corrected chi connectivity index (χ3v) is 2.80. The third-order valence-electron chi connectivity index (χ3n) is 2.80. The molecule has 0 aromatic heterocycles. The first-order chi connectivity index (χ1) is 9.67. The van der Waals surface area contributed by atoms with Crippen LogP contribution < -0.4 is 5.32 Å². The van der Waals surface area contributed by atoms with E-state index in [-0.39, 0.29) is 24.0 Å². The van der Waals surface area contributed by atoms with Gasteiger partial charge in [0, 0.05) is 26.2 Å². The number of nitrogens with zero attached hydrogens (tertiary/aromatic N) is 1. The first-order valence-electron chi connectivity index (χ1n) is 6.92. The quantitative estimate of drug-likeness (QED) is 0.906. The second kappa shape index (κ2) is 7.22. The molecule has 0 bridgehead atoms. The Bertz CT molecular complexity index is 506. The van der Waals surface area contributed by atoms with E-state index in [9.17, 15) is 9.59 Å². The van der Waals surface area contributed by atoms with Crippen LogP contribution in [-0.2, 0) is 20.9 Å². The van der Waals surface area contributed by atoms with Gasteiger partial charge >= 0.3 is 0 Å². The van der Waals surface area contributed by atoms with Gasteiger partial charge < -0.3 is 15.0 Å². The number of hydrogen-bond acceptors (Lipinski definition) is 3. The lowest BCUT2D eigenvalue weighted by Gasteiger charge is -2.19. The smallest absolute Gasteiger partial charge is 0.250 e. The maximum atomic E-state index is 11.8. The molecule has 0 spiro atoms. The Morgan fingerprint density at radius 3 is 2.52 bits per heavy atom. The van der Waals surface area contributed by atoms with Crippen LogP contribution in [0.15, 0.2) is 24.3 Å². The van der Waals surface area contributed by atoms with E-state index in [1.807, 2.05) is 45.0 Å². The molecule has 1 rings (SSSR count). The van der Waals surface area contributed by atoms with E-state index in [0.29, 0.717) is 12.2 Å². The average molecular weight is 292 g/mol. The van der Waals surface area contributed by atoms with Crippen LogP contribution in [0, 0.1) is 0 Å². The SMILES string of the molecule is CC(=O)N(C)Cc1cccc(NC(=O)COC(C)(C)C)c1. The van der Waals surface area contributed by atoms with Crippen LogP contribution in [0.4, 0.5) is 5.69 Å². The van der Waals surface area contributed by atoms with Crippen LogP contribution in [0.2, 0.25) is 0 Å². The standard InChI is InChI=1S/C16H24N2O3/c1-12(19)18(5)10-13-7-6-8-14(9-13)17-15(20)11-21-16(2,3)4/h6-9H,10-11H2,1-5H3,(H,17,20). The number of anilines is 1. The first kappa shape index (κ1) is 17.2. The summed E-state index contributed by atoms with van der Waals surface area (Å²) in [5.74, 6) is -0.190. The molecule has 5 heteroatoms. The molecule has 0 radical (unpaired) electrons. The van der Waals surface area contributed by atoms with E-state index in [1.165, 1.54) is 6.92 Å². The van der Waals surface area contributed by atoms with Crippen molar-refractivity contribution < 1.29 is 14.3 Å². The molecule has 0 aliphatic rings. The predicted octanol–water partition coefficient (Wildman–Crippen LogP) is 2.42. The third kappa shape index (κ3) is 6.90. The van der Waals surface area contributed by atoms with Gasteiger partial charge in [-0.25, -0.2) is 0 Å². The molecular formula is C16H24N2O3. The van der Waals surface area contributed by atoms with Crippen molar-refractivity contribution in [3.05, 3.63) is 29.8 Å². The van der Waals surface area contributed by atoms with E-state index >= 15 is 0 Å². The Hall–Kier alpha value is -1.88. The lowest BCUT2D eigenvalue weighted by Crippen LogP contribution is -2.27. The molecule has 0 saturated heterocycles. The minimum atomic E-state index is -0.344. The van der Waals surface area contributed by atoms with Gasteiger partial charge in [-0.05, 0) is 38.5 Å². The van der Waals surface area contributed by atoms with Crippen LogP contribution in [0.5, 0.6) is 0 Å². The van der Waals surface area contributed by atoms with Crippen molar-refractivity contribution in [2.24, 2.45) is 0 Å². The molecule has 21 heavy (non-hydrogen) atoms. The summed E-state index contributed by atoms with van der Waals surface area (Å²) in [7, 11) is 1.74. The highest BCUT2D eigenvalue weighted by molar-refractivity contribution is 5.91. The van der Waals surface area contributed by atoms with Crippen molar-refractivity contribution in [3.63, 3.8) is 0 Å². The summed E-state index contributed by atoms with van der Waals surface area (Å²) in [6.45, 7) is 7.75. The average Bonchev–Trinajstić information content (AvgIpc) is 2.36. The molecule has 0 aliphatic carbocycles. The number of hydrogen-bond donors (Lipinski definition) is 1. The van der Waals surface area contributed by atoms with Gasteiger partial charge in [0.05, 0.1) is 5.60 Å². The Kier molecular flexibility index (Phi) is 5.90. The number of carbonyl (C=O) groups is 2. The van der Waals surface area contributed by atoms with Gasteiger partial charge in [-0.15, -0.1) is 0 Å². The summed E-state index contributed by atoms with van der Waals surface area (Å²) >= 11 is 0. The number of amides is 2. The topological polar surface area (TPSA) is 58.6 Å². The second-order valence-electron chi connectivity index (χ2n) is 6.02. The normalized spacial score (nSPS) is 11.1. The molecule has 1 aromatic carbocycles. The minimum Gasteiger partial charge on any atom is -0.366 e. The van der Waals surface area contributed by atoms with Gasteiger partial charge in [0.25, 0.3) is 0 Å². The van der Waals surface area contributed by atoms with Gasteiger partial charge in [0.1, 0.15) is 6.61 Å². The molecule has 2 amide bonds. The first-order valence-corrected chi connectivity index (χ1v) is 6.92. The van der Waals surface area contributed by atoms with Crippen LogP contribution >= 0.6 is 0 Å². The molecule has 0 unspecified atom stereocenters. The Morgan fingerprint density at radius 1 is 1.29 bits per heavy atom. The zero-order valence-corrected chi connectivity index (χ0v) is 13.4. The largest absolute Gasteiger partial charge is 0.366 e. The zero-order valence-electron chi connectivity index (χ0n) is 13.4. The van der Waals surface area contributed by atoms with Gasteiger partial charge in [-0.2, -0.15) is 0 Å². The highest BCUT2D eigenvalue weighted by Crippen LogP contribution is 2.13. The van der Waals surface area contributed by atoms with E-state index in [2.05, 4.69) is 5.32 Å². The fraction of sp³-hybridized carbons (Fsp3) is 0.500. The van der Waals surface area contributed by atoms with Crippen molar-refractivity contribution in [3.8, 4) is 0 Å². The Labute approximate surface area is 126 Å². The number of benzene rings is 1. The maximum absolute atomic E-state index is 11.8. The van der Waals surface area contributed by atoms with E-state index in [0.717, 1.165) is 5.56 Å². The molecule has 0 saturated carbocycles. The van der Waals surface area contributed by atoms with Crippen molar-refractivity contribution >= 4 is 17.5 Å². The lowest BCUT2D eigenvalue weighted by atomic mass is 10.2. The number of rotatable bonds is 5. The van der Waals surface area contributed by atoms with Crippen LogP contribution in [-0.4, -0.2) is 36.0 Å². The van der Waals surface area contributed by atoms with Gasteiger partial charge in [0.2, 0.25) is 11.8 Å². The van der Waals surface area contributed by atoms with Gasteiger partial charge in [-0.3, -0.25) is 9.59 Å². The Balaban J connectivity index is 2.60. The fourth-order valence-corrected chi connectivity index (χ4v) is 1.61. The van der Waals surface area contributed by atoms with Gasteiger partial charge in [-0.1, -0.05) is 12.1 Å². The fourth-order valence-electron chi connectivity index (χ4n) is 1.61. The molecule has 5 nitrogen and oxygen atoms in total. The van der Waals surface area contributed by atoms with Gasteiger partial charge in [0.15, 0.2) is 0 Å². The number of nitrogens with one attached hydrogen (secondary N) is 1. The molecule has 116 valence electrons. The highest BCUT2D eigenvalue weighted by Gasteiger charge is 2.13. The predicted molar refractivity (Wildman–Crippen MR) is 82.9 cm³/mol. The lowest BCUT2D eigenvalue weighted by molar-refractivity contribution is -0.128. The molecule has 1 aromatic rings. The van der Waals surface area contributed by atoms with E-state index in [4.69, 9.17) is 4.74 Å². The molecular weight excluding hydrogens is 268 g/mol. The van der Waals surface area contributed by atoms with E-state index in [1.54, 1.807) is 11.9 Å². The molecule has 0 atom stereocenters. The monoisotopic (exact) mass is 292 g/mol. The summed E-state index contributed by atoms with van der Waals surface area (Å²) in [5.41, 5.74) is 1.32. The second-order valence-corrected chi connectivity index (χ2v) is 6.02. The summed E-state index contributed by atoms with van der Waals surface area (Å²) in [5, 5.41) is 2.79. The van der Waals surface area contributed by atoms with E-state index < -0.39 is 0 Å². The number of ether oxygens (including phenoxy) is 1. The molecule has 1 N–H and O–H groups in total. The molecule has 0 fully saturated rings. The summed E-state index contributed by atoms with van der Waals surface area (Å²) in [4.78, 5) is 24.6. The van der Waals surface area contributed by atoms with Crippen molar-refractivity contribution in [1.29, 1.82) is 0 Å². The van der Waals surface area contributed by atoms with Crippen molar-refractivity contribution in [1.82, 2.24) is 4.90 Å². The summed E-state index contributed by atoms with van der Waals surface area (Å²) in [6, 6.07) is 7.44. The van der Waals surface area contributed by atoms with Crippen LogP contribution in [0.25, 0.3) is 0 Å². The Morgan fingerprint density at radius 2 is 1.95 bits per heavy atom.